The van der Waals surface area contributed by atoms with Crippen molar-refractivity contribution in [1.82, 2.24) is 0 Å². The van der Waals surface area contributed by atoms with Crippen LogP contribution < -0.4 is 0 Å². The fourth-order valence-electron chi connectivity index (χ4n) is 7.18. The van der Waals surface area contributed by atoms with E-state index in [-0.39, 0.29) is 0 Å². The maximum Gasteiger partial charge on any atom is 0.344 e. The fraction of sp³-hybridized carbons (Fsp3) is 1.00. The predicted molar refractivity (Wildman–Crippen MR) is 173 cm³/mol. The van der Waals surface area contributed by atoms with E-state index in [0.717, 1.165) is 23.2 Å². The van der Waals surface area contributed by atoms with E-state index in [0.29, 0.717) is 22.9 Å². The molecule has 0 unspecified atom stereocenters. The van der Waals surface area contributed by atoms with Gasteiger partial charge in [0.05, 0.1) is 0 Å². The van der Waals surface area contributed by atoms with Crippen LogP contribution in [-0.4, -0.2) is 68.3 Å². The molecule has 2 rings (SSSR count). The smallest absolute Gasteiger partial charge is 0.344 e. The third kappa shape index (κ3) is 11.5. The summed E-state index contributed by atoms with van der Waals surface area (Å²) < 4.78 is 34.2. The van der Waals surface area contributed by atoms with Crippen molar-refractivity contribution < 1.29 is 26.6 Å². The van der Waals surface area contributed by atoms with E-state index in [2.05, 4.69) is 55.4 Å². The largest absolute Gasteiger partial charge is 0.398 e. The lowest BCUT2D eigenvalue weighted by molar-refractivity contribution is 0.214. The summed E-state index contributed by atoms with van der Waals surface area (Å²) in [5, 5.41) is 0. The molecule has 0 radical (unpaired) electrons. The molecule has 0 spiro atoms. The molecule has 0 N–H and O–H groups in total. The quantitative estimate of drug-likeness (QED) is 0.183. The monoisotopic (exact) mass is 608 g/mol. The van der Waals surface area contributed by atoms with Crippen LogP contribution in [0, 0.1) is 11.8 Å². The lowest BCUT2D eigenvalue weighted by atomic mass is 10.3. The molecule has 0 heterocycles. The van der Waals surface area contributed by atoms with Gasteiger partial charge in [0, 0.05) is 53.7 Å². The summed E-state index contributed by atoms with van der Waals surface area (Å²) in [6, 6.07) is 2.19. The molecule has 2 saturated carbocycles. The van der Waals surface area contributed by atoms with Crippen LogP contribution in [0.2, 0.25) is 34.3 Å². The Kier molecular flexibility index (Phi) is 19.8. The standard InChI is InChI=1S/C12H24O2Si.C10H24O2Si.C8H20O2Si/c1-13-15(14-2,11-7-3-4-8-11)12-9-5-6-10-12;1-9(2)7-13(11-5,12-6)8-10(3)4;1-7(2)11(9-5,10-6)8(3)4/h11-12H,3-10H2,1-2H3;9-10H,7-8H2,1-6H3;7-8H,1-6H3. The Labute approximate surface area is 247 Å². The van der Waals surface area contributed by atoms with E-state index < -0.39 is 25.7 Å². The van der Waals surface area contributed by atoms with Crippen molar-refractivity contribution in [3.05, 3.63) is 0 Å². The first-order chi connectivity index (χ1) is 18.3. The lowest BCUT2D eigenvalue weighted by Crippen LogP contribution is -2.48. The van der Waals surface area contributed by atoms with E-state index in [4.69, 9.17) is 26.6 Å². The normalized spacial score (nSPS) is 17.7. The molecule has 2 aliphatic rings. The zero-order valence-electron chi connectivity index (χ0n) is 28.5. The fourth-order valence-corrected chi connectivity index (χ4v) is 18.6. The van der Waals surface area contributed by atoms with Crippen LogP contribution in [0.15, 0.2) is 0 Å². The van der Waals surface area contributed by atoms with Crippen molar-refractivity contribution in [1.29, 1.82) is 0 Å². The third-order valence-electron chi connectivity index (χ3n) is 8.92. The minimum absolute atomic E-state index is 0.512. The first-order valence-electron chi connectivity index (χ1n) is 15.6. The molecule has 0 aliphatic heterocycles. The van der Waals surface area contributed by atoms with Gasteiger partial charge in [0.15, 0.2) is 0 Å². The van der Waals surface area contributed by atoms with Gasteiger partial charge in [0.1, 0.15) is 0 Å². The van der Waals surface area contributed by atoms with Crippen molar-refractivity contribution >= 4 is 25.7 Å². The van der Waals surface area contributed by atoms with Gasteiger partial charge in [-0.15, -0.1) is 0 Å². The van der Waals surface area contributed by atoms with Crippen molar-refractivity contribution in [3.8, 4) is 0 Å². The highest BCUT2D eigenvalue weighted by atomic mass is 28.4. The predicted octanol–water partition coefficient (Wildman–Crippen LogP) is 9.18. The van der Waals surface area contributed by atoms with Crippen molar-refractivity contribution in [2.45, 2.75) is 141 Å². The van der Waals surface area contributed by atoms with Crippen LogP contribution in [0.25, 0.3) is 0 Å². The molecule has 0 aromatic rings. The van der Waals surface area contributed by atoms with Gasteiger partial charge in [-0.25, -0.2) is 0 Å². The maximum atomic E-state index is 5.97. The number of hydrogen-bond donors (Lipinski definition) is 0. The van der Waals surface area contributed by atoms with Gasteiger partial charge in [0.25, 0.3) is 0 Å². The van der Waals surface area contributed by atoms with Gasteiger partial charge < -0.3 is 26.6 Å². The second kappa shape index (κ2) is 19.6. The summed E-state index contributed by atoms with van der Waals surface area (Å²) in [5.41, 5.74) is 2.57. The highest BCUT2D eigenvalue weighted by molar-refractivity contribution is 6.71. The van der Waals surface area contributed by atoms with Crippen LogP contribution in [0.4, 0.5) is 0 Å². The van der Waals surface area contributed by atoms with E-state index in [1.165, 1.54) is 51.4 Å². The molecule has 0 aromatic heterocycles. The highest BCUT2D eigenvalue weighted by Crippen LogP contribution is 2.50. The maximum absolute atomic E-state index is 5.97. The average molecular weight is 609 g/mol. The Bertz CT molecular complexity index is 554. The summed E-state index contributed by atoms with van der Waals surface area (Å²) in [5.74, 6) is 1.32. The molecule has 236 valence electrons. The first-order valence-corrected chi connectivity index (χ1v) is 21.8. The first kappa shape index (κ1) is 39.4. The van der Waals surface area contributed by atoms with E-state index in [9.17, 15) is 0 Å². The summed E-state index contributed by atoms with van der Waals surface area (Å²) in [6.45, 7) is 17.6. The highest BCUT2D eigenvalue weighted by Gasteiger charge is 2.52. The Hall–Kier alpha value is 0.411. The lowest BCUT2D eigenvalue weighted by Gasteiger charge is -2.37. The molecule has 9 heteroatoms. The van der Waals surface area contributed by atoms with E-state index in [1.54, 1.807) is 28.4 Å². The van der Waals surface area contributed by atoms with Crippen LogP contribution in [0.1, 0.15) is 107 Å². The summed E-state index contributed by atoms with van der Waals surface area (Å²) in [4.78, 5) is 0. The van der Waals surface area contributed by atoms with Gasteiger partial charge in [-0.05, 0) is 60.7 Å². The molecule has 6 nitrogen and oxygen atoms in total. The SMILES string of the molecule is CO[Si](CC(C)C)(CC(C)C)OC.CO[Si](OC)(C(C)C)C(C)C.CO[Si](OC)(C1CCCC1)C1CCCC1. The summed E-state index contributed by atoms with van der Waals surface area (Å²) in [7, 11) is 5.25. The Balaban J connectivity index is 0.000000564. The zero-order chi connectivity index (χ0) is 30.3. The molecule has 39 heavy (non-hydrogen) atoms. The number of hydrogen-bond acceptors (Lipinski definition) is 6. The van der Waals surface area contributed by atoms with Gasteiger partial charge in [0.2, 0.25) is 0 Å². The van der Waals surface area contributed by atoms with Crippen molar-refractivity contribution in [2.75, 3.05) is 42.7 Å². The minimum atomic E-state index is -1.90. The molecule has 0 amide bonds. The second-order valence-electron chi connectivity index (χ2n) is 13.0. The van der Waals surface area contributed by atoms with Gasteiger partial charge >= 0.3 is 25.7 Å². The third-order valence-corrected chi connectivity index (χ3v) is 22.5. The summed E-state index contributed by atoms with van der Waals surface area (Å²) in [6.07, 6.45) is 11.0. The average Bonchev–Trinajstić information content (AvgIpc) is 3.62. The topological polar surface area (TPSA) is 55.4 Å². The van der Waals surface area contributed by atoms with Gasteiger partial charge in [-0.2, -0.15) is 0 Å². The molecular weight excluding hydrogens is 541 g/mol. The second-order valence-corrected chi connectivity index (χ2v) is 25.0. The van der Waals surface area contributed by atoms with Crippen LogP contribution >= 0.6 is 0 Å². The van der Waals surface area contributed by atoms with Crippen LogP contribution in [0.3, 0.4) is 0 Å². The number of rotatable bonds is 14. The van der Waals surface area contributed by atoms with Gasteiger partial charge in [-0.3, -0.25) is 0 Å². The summed E-state index contributed by atoms with van der Waals surface area (Å²) >= 11 is 0. The van der Waals surface area contributed by atoms with Crippen molar-refractivity contribution in [3.63, 3.8) is 0 Å². The van der Waals surface area contributed by atoms with E-state index >= 15 is 0 Å². The molecule has 0 bridgehead atoms. The minimum Gasteiger partial charge on any atom is -0.398 e. The molecular formula is C30H68O6Si3. The van der Waals surface area contributed by atoms with Crippen LogP contribution in [-0.2, 0) is 26.6 Å². The van der Waals surface area contributed by atoms with Crippen LogP contribution in [0.5, 0.6) is 0 Å². The Morgan fingerprint density at radius 1 is 0.487 bits per heavy atom. The molecule has 0 aromatic carbocycles. The molecule has 0 saturated heterocycles. The van der Waals surface area contributed by atoms with Crippen molar-refractivity contribution in [2.24, 2.45) is 11.8 Å². The van der Waals surface area contributed by atoms with E-state index in [1.807, 2.05) is 14.2 Å². The molecule has 2 aliphatic carbocycles. The van der Waals surface area contributed by atoms with Gasteiger partial charge in [-0.1, -0.05) is 81.1 Å². The molecule has 2 fully saturated rings. The zero-order valence-corrected chi connectivity index (χ0v) is 31.5. The Morgan fingerprint density at radius 3 is 0.949 bits per heavy atom. The Morgan fingerprint density at radius 2 is 0.795 bits per heavy atom. The molecule has 0 atom stereocenters.